The highest BCUT2D eigenvalue weighted by molar-refractivity contribution is 4.88. The maximum Gasteiger partial charge on any atom is 0.0707 e. The lowest BCUT2D eigenvalue weighted by Gasteiger charge is -2.39. The molecule has 19 heavy (non-hydrogen) atoms. The molecule has 3 nitrogen and oxygen atoms in total. The van der Waals surface area contributed by atoms with Gasteiger partial charge in [-0.05, 0) is 43.9 Å². The second kappa shape index (κ2) is 6.11. The molecule has 5 unspecified atom stereocenters. The molecule has 110 valence electrons. The van der Waals surface area contributed by atoms with Crippen LogP contribution in [-0.4, -0.2) is 48.0 Å². The number of aliphatic hydroxyl groups excluding tert-OH is 1. The van der Waals surface area contributed by atoms with Gasteiger partial charge < -0.3 is 9.84 Å². The van der Waals surface area contributed by atoms with Crippen LogP contribution in [0, 0.1) is 11.8 Å². The van der Waals surface area contributed by atoms with Gasteiger partial charge in [-0.3, -0.25) is 4.90 Å². The topological polar surface area (TPSA) is 32.7 Å². The first-order valence-corrected chi connectivity index (χ1v) is 8.30. The van der Waals surface area contributed by atoms with E-state index in [9.17, 15) is 5.11 Å². The molecular weight excluding hydrogens is 238 g/mol. The maximum atomic E-state index is 10.3. The average Bonchev–Trinajstić information content (AvgIpc) is 2.73. The molecule has 2 saturated heterocycles. The molecule has 2 heterocycles. The first kappa shape index (κ1) is 13.8. The Balaban J connectivity index is 1.52. The summed E-state index contributed by atoms with van der Waals surface area (Å²) >= 11 is 0. The normalized spacial score (nSPS) is 43.6. The molecule has 0 aromatic rings. The number of aliphatic hydroxyl groups is 1. The molecule has 1 N–H and O–H groups in total. The fourth-order valence-electron chi connectivity index (χ4n) is 4.39. The highest BCUT2D eigenvalue weighted by atomic mass is 16.5. The van der Waals surface area contributed by atoms with Crippen molar-refractivity contribution in [3.63, 3.8) is 0 Å². The van der Waals surface area contributed by atoms with Gasteiger partial charge in [0.15, 0.2) is 0 Å². The Hall–Kier alpha value is -0.120. The number of morpholine rings is 1. The average molecular weight is 267 g/mol. The number of fused-ring (bicyclic) bond motifs is 2. The van der Waals surface area contributed by atoms with Gasteiger partial charge in [0.2, 0.25) is 0 Å². The van der Waals surface area contributed by atoms with Crippen LogP contribution in [0.1, 0.15) is 51.9 Å². The van der Waals surface area contributed by atoms with E-state index in [0.29, 0.717) is 18.1 Å². The summed E-state index contributed by atoms with van der Waals surface area (Å²) in [7, 11) is 0. The van der Waals surface area contributed by atoms with Crippen LogP contribution in [0.4, 0.5) is 0 Å². The minimum atomic E-state index is -0.0615. The Kier molecular flexibility index (Phi) is 4.45. The molecule has 1 saturated carbocycles. The van der Waals surface area contributed by atoms with Crippen molar-refractivity contribution in [1.29, 1.82) is 0 Å². The van der Waals surface area contributed by atoms with Crippen molar-refractivity contribution in [2.24, 2.45) is 11.8 Å². The van der Waals surface area contributed by atoms with E-state index in [4.69, 9.17) is 4.74 Å². The van der Waals surface area contributed by atoms with Gasteiger partial charge in [0, 0.05) is 19.6 Å². The third kappa shape index (κ3) is 3.32. The van der Waals surface area contributed by atoms with Crippen LogP contribution >= 0.6 is 0 Å². The van der Waals surface area contributed by atoms with Crippen LogP contribution in [0.3, 0.4) is 0 Å². The van der Waals surface area contributed by atoms with Gasteiger partial charge in [-0.1, -0.05) is 19.8 Å². The third-order valence-corrected chi connectivity index (χ3v) is 5.36. The molecule has 0 radical (unpaired) electrons. The van der Waals surface area contributed by atoms with Crippen LogP contribution in [0.2, 0.25) is 0 Å². The summed E-state index contributed by atoms with van der Waals surface area (Å²) in [6, 6.07) is 0. The Morgan fingerprint density at radius 1 is 1.11 bits per heavy atom. The van der Waals surface area contributed by atoms with Gasteiger partial charge in [0.05, 0.1) is 18.3 Å². The molecule has 3 heteroatoms. The molecule has 3 rings (SSSR count). The lowest BCUT2D eigenvalue weighted by molar-refractivity contribution is -0.0561. The number of likely N-dealkylation sites (tertiary alicyclic amines) is 1. The lowest BCUT2D eigenvalue weighted by Crippen LogP contribution is -2.47. The van der Waals surface area contributed by atoms with E-state index in [1.165, 1.54) is 38.5 Å². The molecule has 1 aliphatic carbocycles. The summed E-state index contributed by atoms with van der Waals surface area (Å²) in [5, 5.41) is 10.3. The summed E-state index contributed by atoms with van der Waals surface area (Å²) in [6.45, 7) is 5.56. The summed E-state index contributed by atoms with van der Waals surface area (Å²) in [6.07, 6.45) is 9.51. The van der Waals surface area contributed by atoms with Gasteiger partial charge in [-0.15, -0.1) is 0 Å². The SMILES string of the molecule is CCCC1CCC(O)C(CN2CC3CCC(C2)O3)C1. The molecule has 3 fully saturated rings. The maximum absolute atomic E-state index is 10.3. The van der Waals surface area contributed by atoms with Gasteiger partial charge in [-0.25, -0.2) is 0 Å². The standard InChI is InChI=1S/C16H29NO2/c1-2-3-12-4-7-16(18)13(8-12)9-17-10-14-5-6-15(11-17)19-14/h12-16,18H,2-11H2,1H3. The largest absolute Gasteiger partial charge is 0.393 e. The summed E-state index contributed by atoms with van der Waals surface area (Å²) in [4.78, 5) is 2.56. The Bertz CT molecular complexity index is 284. The zero-order valence-corrected chi connectivity index (χ0v) is 12.3. The smallest absolute Gasteiger partial charge is 0.0707 e. The van der Waals surface area contributed by atoms with Crippen LogP contribution in [-0.2, 0) is 4.74 Å². The predicted octanol–water partition coefficient (Wildman–Crippen LogP) is 2.43. The van der Waals surface area contributed by atoms with Crippen LogP contribution in [0.15, 0.2) is 0 Å². The minimum absolute atomic E-state index is 0.0615. The Morgan fingerprint density at radius 3 is 2.53 bits per heavy atom. The molecule has 2 aliphatic heterocycles. The van der Waals surface area contributed by atoms with E-state index in [2.05, 4.69) is 11.8 Å². The first-order chi connectivity index (χ1) is 9.24. The van der Waals surface area contributed by atoms with E-state index in [-0.39, 0.29) is 6.10 Å². The molecule has 0 aromatic heterocycles. The molecule has 5 atom stereocenters. The van der Waals surface area contributed by atoms with Crippen molar-refractivity contribution in [1.82, 2.24) is 4.90 Å². The predicted molar refractivity (Wildman–Crippen MR) is 76.1 cm³/mol. The fraction of sp³-hybridized carbons (Fsp3) is 1.00. The number of nitrogens with zero attached hydrogens (tertiary/aromatic N) is 1. The molecule has 0 spiro atoms. The first-order valence-electron chi connectivity index (χ1n) is 8.30. The zero-order chi connectivity index (χ0) is 13.2. The molecule has 0 amide bonds. The zero-order valence-electron chi connectivity index (χ0n) is 12.3. The third-order valence-electron chi connectivity index (χ3n) is 5.36. The summed E-state index contributed by atoms with van der Waals surface area (Å²) in [5.74, 6) is 1.36. The molecule has 3 aliphatic rings. The van der Waals surface area contributed by atoms with Crippen LogP contribution in [0.25, 0.3) is 0 Å². The highest BCUT2D eigenvalue weighted by Gasteiger charge is 2.36. The van der Waals surface area contributed by atoms with E-state index >= 15 is 0 Å². The second-order valence-corrected chi connectivity index (χ2v) is 6.97. The van der Waals surface area contributed by atoms with E-state index in [1.54, 1.807) is 0 Å². The van der Waals surface area contributed by atoms with E-state index in [0.717, 1.165) is 32.0 Å². The van der Waals surface area contributed by atoms with Crippen molar-refractivity contribution >= 4 is 0 Å². The van der Waals surface area contributed by atoms with Gasteiger partial charge >= 0.3 is 0 Å². The summed E-state index contributed by atoms with van der Waals surface area (Å²) < 4.78 is 5.90. The van der Waals surface area contributed by atoms with Crippen molar-refractivity contribution in [3.8, 4) is 0 Å². The van der Waals surface area contributed by atoms with Crippen LogP contribution in [0.5, 0.6) is 0 Å². The van der Waals surface area contributed by atoms with Gasteiger partial charge in [-0.2, -0.15) is 0 Å². The van der Waals surface area contributed by atoms with E-state index in [1.807, 2.05) is 0 Å². The monoisotopic (exact) mass is 267 g/mol. The van der Waals surface area contributed by atoms with Gasteiger partial charge in [0.1, 0.15) is 0 Å². The number of hydrogen-bond donors (Lipinski definition) is 1. The van der Waals surface area contributed by atoms with Crippen molar-refractivity contribution < 1.29 is 9.84 Å². The molecular formula is C16H29NO2. The van der Waals surface area contributed by atoms with Crippen molar-refractivity contribution in [2.75, 3.05) is 19.6 Å². The van der Waals surface area contributed by atoms with Crippen molar-refractivity contribution in [2.45, 2.75) is 70.2 Å². The fourth-order valence-corrected chi connectivity index (χ4v) is 4.39. The lowest BCUT2D eigenvalue weighted by atomic mass is 9.77. The summed E-state index contributed by atoms with van der Waals surface area (Å²) in [5.41, 5.74) is 0. The van der Waals surface area contributed by atoms with E-state index < -0.39 is 0 Å². The second-order valence-electron chi connectivity index (χ2n) is 6.97. The van der Waals surface area contributed by atoms with Gasteiger partial charge in [0.25, 0.3) is 0 Å². The highest BCUT2D eigenvalue weighted by Crippen LogP contribution is 2.34. The molecule has 0 aromatic carbocycles. The quantitative estimate of drug-likeness (QED) is 0.849. The van der Waals surface area contributed by atoms with Crippen molar-refractivity contribution in [3.05, 3.63) is 0 Å². The minimum Gasteiger partial charge on any atom is -0.393 e. The Labute approximate surface area is 117 Å². The Morgan fingerprint density at radius 2 is 1.84 bits per heavy atom. The molecule has 2 bridgehead atoms. The van der Waals surface area contributed by atoms with Crippen LogP contribution < -0.4 is 0 Å². The number of rotatable bonds is 4. The number of hydrogen-bond acceptors (Lipinski definition) is 3. The number of ether oxygens (including phenoxy) is 1.